The van der Waals surface area contributed by atoms with Crippen LogP contribution < -0.4 is 5.32 Å². The van der Waals surface area contributed by atoms with Crippen molar-refractivity contribution in [2.24, 2.45) is 5.92 Å². The number of likely N-dealkylation sites (tertiary alicyclic amines) is 1. The van der Waals surface area contributed by atoms with Crippen molar-refractivity contribution in [1.29, 1.82) is 0 Å². The van der Waals surface area contributed by atoms with E-state index in [2.05, 4.69) is 5.32 Å². The van der Waals surface area contributed by atoms with Crippen LogP contribution in [0.2, 0.25) is 5.02 Å². The number of nitrogens with one attached hydrogen (secondary N) is 1. The minimum absolute atomic E-state index is 0.0392. The van der Waals surface area contributed by atoms with E-state index in [1.54, 1.807) is 17.0 Å². The molecular weight excluding hydrogens is 347 g/mol. The summed E-state index contributed by atoms with van der Waals surface area (Å²) in [6, 6.07) is 4.73. The lowest BCUT2D eigenvalue weighted by atomic mass is 9.95. The maximum absolute atomic E-state index is 13.8. The van der Waals surface area contributed by atoms with Crippen LogP contribution in [-0.4, -0.2) is 42.5 Å². The number of rotatable bonds is 4. The molecular formula is C18H22ClFN2O3. The molecule has 2 aliphatic heterocycles. The highest BCUT2D eigenvalue weighted by Gasteiger charge is 2.32. The second-order valence-corrected chi connectivity index (χ2v) is 6.94. The maximum Gasteiger partial charge on any atom is 0.251 e. The van der Waals surface area contributed by atoms with Gasteiger partial charge in [-0.05, 0) is 31.7 Å². The van der Waals surface area contributed by atoms with Crippen LogP contribution in [0.15, 0.2) is 18.2 Å². The van der Waals surface area contributed by atoms with Gasteiger partial charge < -0.3 is 15.0 Å². The monoisotopic (exact) mass is 368 g/mol. The van der Waals surface area contributed by atoms with E-state index < -0.39 is 5.82 Å². The Bertz CT molecular complexity index is 641. The molecule has 25 heavy (non-hydrogen) atoms. The Kier molecular flexibility index (Phi) is 5.91. The van der Waals surface area contributed by atoms with Gasteiger partial charge in [-0.2, -0.15) is 0 Å². The van der Waals surface area contributed by atoms with Crippen LogP contribution >= 0.6 is 11.6 Å². The molecule has 136 valence electrons. The van der Waals surface area contributed by atoms with Crippen LogP contribution in [0.3, 0.4) is 0 Å². The summed E-state index contributed by atoms with van der Waals surface area (Å²) in [5, 5.41) is 2.82. The molecule has 0 unspecified atom stereocenters. The summed E-state index contributed by atoms with van der Waals surface area (Å²) in [4.78, 5) is 26.4. The van der Waals surface area contributed by atoms with E-state index in [4.69, 9.17) is 16.3 Å². The van der Waals surface area contributed by atoms with Gasteiger partial charge in [0.1, 0.15) is 11.9 Å². The van der Waals surface area contributed by atoms with Crippen molar-refractivity contribution in [2.45, 2.75) is 38.3 Å². The fraction of sp³-hybridized carbons (Fsp3) is 0.556. The lowest BCUT2D eigenvalue weighted by molar-refractivity contribution is -0.143. The van der Waals surface area contributed by atoms with Gasteiger partial charge in [0, 0.05) is 37.7 Å². The molecule has 0 aliphatic carbocycles. The number of amides is 2. The molecule has 1 aromatic rings. The van der Waals surface area contributed by atoms with Crippen LogP contribution in [0.25, 0.3) is 0 Å². The molecule has 1 N–H and O–H groups in total. The molecule has 7 heteroatoms. The summed E-state index contributed by atoms with van der Waals surface area (Å²) in [5.41, 5.74) is 0.367. The lowest BCUT2D eigenvalue weighted by Crippen LogP contribution is -2.46. The number of carbonyl (C=O) groups is 2. The van der Waals surface area contributed by atoms with Crippen LogP contribution in [0, 0.1) is 11.7 Å². The third-order valence-electron chi connectivity index (χ3n) is 4.87. The Labute approximate surface area is 151 Å². The van der Waals surface area contributed by atoms with Gasteiger partial charge in [-0.3, -0.25) is 9.59 Å². The molecule has 0 radical (unpaired) electrons. The van der Waals surface area contributed by atoms with Gasteiger partial charge in [0.2, 0.25) is 5.91 Å². The number of piperidine rings is 1. The SMILES string of the molecule is O=C(NCc1cccc(Cl)c1F)C1CCN(C(=O)[C@@H]2CCCO2)CC1. The van der Waals surface area contributed by atoms with Crippen molar-refractivity contribution >= 4 is 23.4 Å². The van der Waals surface area contributed by atoms with Crippen molar-refractivity contribution in [3.63, 3.8) is 0 Å². The summed E-state index contributed by atoms with van der Waals surface area (Å²) in [5.74, 6) is -0.724. The van der Waals surface area contributed by atoms with E-state index in [0.717, 1.165) is 12.8 Å². The summed E-state index contributed by atoms with van der Waals surface area (Å²) in [6.45, 7) is 1.88. The van der Waals surface area contributed by atoms with Crippen molar-refractivity contribution in [3.8, 4) is 0 Å². The average molecular weight is 369 g/mol. The second kappa shape index (κ2) is 8.15. The van der Waals surface area contributed by atoms with Gasteiger partial charge >= 0.3 is 0 Å². The van der Waals surface area contributed by atoms with E-state index in [1.807, 2.05) is 0 Å². The first-order chi connectivity index (χ1) is 12.1. The highest BCUT2D eigenvalue weighted by atomic mass is 35.5. The first-order valence-electron chi connectivity index (χ1n) is 8.67. The molecule has 0 saturated carbocycles. The van der Waals surface area contributed by atoms with E-state index in [-0.39, 0.29) is 35.4 Å². The maximum atomic E-state index is 13.8. The Morgan fingerprint density at radius 2 is 2.04 bits per heavy atom. The highest BCUT2D eigenvalue weighted by molar-refractivity contribution is 6.30. The van der Waals surface area contributed by atoms with Crippen LogP contribution in [0.4, 0.5) is 4.39 Å². The number of halogens is 2. The Morgan fingerprint density at radius 1 is 1.28 bits per heavy atom. The number of nitrogens with zero attached hydrogens (tertiary/aromatic N) is 1. The van der Waals surface area contributed by atoms with Gasteiger partial charge in [-0.15, -0.1) is 0 Å². The van der Waals surface area contributed by atoms with E-state index in [1.165, 1.54) is 6.07 Å². The van der Waals surface area contributed by atoms with Gasteiger partial charge in [-0.1, -0.05) is 23.7 Å². The van der Waals surface area contributed by atoms with Crippen molar-refractivity contribution in [2.75, 3.05) is 19.7 Å². The molecule has 2 amide bonds. The topological polar surface area (TPSA) is 58.6 Å². The average Bonchev–Trinajstić information content (AvgIpc) is 3.17. The molecule has 1 atom stereocenters. The smallest absolute Gasteiger partial charge is 0.251 e. The molecule has 2 aliphatic rings. The van der Waals surface area contributed by atoms with Crippen LogP contribution in [-0.2, 0) is 20.9 Å². The normalized spacial score (nSPS) is 21.4. The molecule has 0 bridgehead atoms. The largest absolute Gasteiger partial charge is 0.368 e. The molecule has 0 spiro atoms. The predicted octanol–water partition coefficient (Wildman–Crippen LogP) is 2.51. The fourth-order valence-corrected chi connectivity index (χ4v) is 3.54. The molecule has 3 rings (SSSR count). The fourth-order valence-electron chi connectivity index (χ4n) is 3.35. The van der Waals surface area contributed by atoms with Crippen LogP contribution in [0.1, 0.15) is 31.2 Å². The van der Waals surface area contributed by atoms with E-state index in [0.29, 0.717) is 38.1 Å². The first kappa shape index (κ1) is 18.1. The molecule has 0 aromatic heterocycles. The van der Waals surface area contributed by atoms with Gasteiger partial charge in [0.05, 0.1) is 5.02 Å². The van der Waals surface area contributed by atoms with Gasteiger partial charge in [-0.25, -0.2) is 4.39 Å². The minimum Gasteiger partial charge on any atom is -0.368 e. The standard InChI is InChI=1S/C18H22ClFN2O3/c19-14-4-1-3-13(16(14)20)11-21-17(23)12-6-8-22(9-7-12)18(24)15-5-2-10-25-15/h1,3-4,12,15H,2,5-11H2,(H,21,23)/t15-/m0/s1. The lowest BCUT2D eigenvalue weighted by Gasteiger charge is -2.32. The summed E-state index contributed by atoms with van der Waals surface area (Å²) < 4.78 is 19.3. The third kappa shape index (κ3) is 4.30. The number of hydrogen-bond acceptors (Lipinski definition) is 3. The first-order valence-corrected chi connectivity index (χ1v) is 9.05. The number of ether oxygens (including phenoxy) is 1. The zero-order valence-corrected chi connectivity index (χ0v) is 14.7. The number of hydrogen-bond donors (Lipinski definition) is 1. The summed E-state index contributed by atoms with van der Waals surface area (Å²) in [7, 11) is 0. The van der Waals surface area contributed by atoms with Crippen molar-refractivity contribution in [1.82, 2.24) is 10.2 Å². The van der Waals surface area contributed by atoms with Crippen molar-refractivity contribution < 1.29 is 18.7 Å². The minimum atomic E-state index is -0.499. The zero-order valence-electron chi connectivity index (χ0n) is 14.0. The molecule has 5 nitrogen and oxygen atoms in total. The summed E-state index contributed by atoms with van der Waals surface area (Å²) >= 11 is 5.74. The highest BCUT2D eigenvalue weighted by Crippen LogP contribution is 2.22. The molecule has 1 aromatic carbocycles. The number of carbonyl (C=O) groups excluding carboxylic acids is 2. The van der Waals surface area contributed by atoms with E-state index in [9.17, 15) is 14.0 Å². The van der Waals surface area contributed by atoms with Crippen LogP contribution in [0.5, 0.6) is 0 Å². The Hall–Kier alpha value is -1.66. The van der Waals surface area contributed by atoms with Gasteiger partial charge in [0.25, 0.3) is 5.91 Å². The quantitative estimate of drug-likeness (QED) is 0.888. The zero-order chi connectivity index (χ0) is 17.8. The molecule has 2 heterocycles. The number of benzene rings is 1. The molecule has 2 fully saturated rings. The van der Waals surface area contributed by atoms with Gasteiger partial charge in [0.15, 0.2) is 0 Å². The Balaban J connectivity index is 1.46. The second-order valence-electron chi connectivity index (χ2n) is 6.53. The summed E-state index contributed by atoms with van der Waals surface area (Å²) in [6.07, 6.45) is 2.63. The molecule has 2 saturated heterocycles. The third-order valence-corrected chi connectivity index (χ3v) is 5.16. The Morgan fingerprint density at radius 3 is 2.72 bits per heavy atom. The predicted molar refractivity (Wildman–Crippen MR) is 91.5 cm³/mol. The van der Waals surface area contributed by atoms with E-state index >= 15 is 0 Å². The van der Waals surface area contributed by atoms with Crippen molar-refractivity contribution in [3.05, 3.63) is 34.6 Å².